The maximum absolute atomic E-state index is 13.4. The molecule has 6 nitrogen and oxygen atoms in total. The Labute approximate surface area is 207 Å². The van der Waals surface area contributed by atoms with Gasteiger partial charge in [-0.05, 0) is 55.4 Å². The number of fused-ring (bicyclic) bond motifs is 1. The molecule has 8 heteroatoms. The van der Waals surface area contributed by atoms with E-state index >= 15 is 0 Å². The molecule has 0 bridgehead atoms. The predicted molar refractivity (Wildman–Crippen MR) is 138 cm³/mol. The van der Waals surface area contributed by atoms with Gasteiger partial charge in [0.1, 0.15) is 0 Å². The van der Waals surface area contributed by atoms with Crippen LogP contribution in [0.3, 0.4) is 0 Å². The van der Waals surface area contributed by atoms with Crippen LogP contribution in [0.1, 0.15) is 22.3 Å². The molecule has 176 valence electrons. The zero-order valence-electron chi connectivity index (χ0n) is 19.1. The fourth-order valence-corrected chi connectivity index (χ4v) is 6.17. The second kappa shape index (κ2) is 8.87. The van der Waals surface area contributed by atoms with Crippen LogP contribution in [0.2, 0.25) is 0 Å². The summed E-state index contributed by atoms with van der Waals surface area (Å²) in [7, 11) is -3.86. The van der Waals surface area contributed by atoms with Gasteiger partial charge in [0.2, 0.25) is 0 Å². The summed E-state index contributed by atoms with van der Waals surface area (Å²) in [5.41, 5.74) is 3.97. The molecule has 0 spiro atoms. The third kappa shape index (κ3) is 4.31. The minimum Gasteiger partial charge on any atom is -0.268 e. The van der Waals surface area contributed by atoms with Crippen molar-refractivity contribution in [3.8, 4) is 0 Å². The van der Waals surface area contributed by atoms with Crippen LogP contribution in [0.15, 0.2) is 88.8 Å². The monoisotopic (exact) mass is 502 g/mol. The lowest BCUT2D eigenvalue weighted by Crippen LogP contribution is -2.27. The number of aryl methyl sites for hydroxylation is 2. The number of hydrogen-bond donors (Lipinski definition) is 0. The maximum Gasteiger partial charge on any atom is 0.293 e. The number of benzene rings is 3. The largest absolute Gasteiger partial charge is 0.293 e. The van der Waals surface area contributed by atoms with Crippen molar-refractivity contribution in [2.24, 2.45) is 0 Å². The van der Waals surface area contributed by atoms with Gasteiger partial charge in [0, 0.05) is 17.1 Å². The van der Waals surface area contributed by atoms with E-state index < -0.39 is 15.9 Å². The van der Waals surface area contributed by atoms with Crippen LogP contribution in [0.5, 0.6) is 0 Å². The molecule has 0 atom stereocenters. The molecule has 35 heavy (non-hydrogen) atoms. The molecule has 0 saturated carbocycles. The van der Waals surface area contributed by atoms with Gasteiger partial charge in [-0.3, -0.25) is 14.5 Å². The van der Waals surface area contributed by atoms with E-state index in [1.54, 1.807) is 48.5 Å². The molecule has 0 radical (unpaired) electrons. The van der Waals surface area contributed by atoms with Crippen LogP contribution < -0.4 is 0 Å². The first-order chi connectivity index (χ1) is 16.7. The van der Waals surface area contributed by atoms with Crippen LogP contribution in [0.4, 0.5) is 4.79 Å². The van der Waals surface area contributed by atoms with Crippen molar-refractivity contribution in [2.45, 2.75) is 25.3 Å². The SMILES string of the molecule is Cc1ccc(CN2C(=O)S/C(=C\c3cn(S(=O)(=O)c4ccc(C)cc4)c4ccccc34)C2=O)cc1. The lowest BCUT2D eigenvalue weighted by molar-refractivity contribution is -0.123. The molecular formula is C27H22N2O4S2. The summed E-state index contributed by atoms with van der Waals surface area (Å²) in [6.45, 7) is 4.05. The minimum atomic E-state index is -3.86. The van der Waals surface area contributed by atoms with E-state index in [2.05, 4.69) is 0 Å². The van der Waals surface area contributed by atoms with Crippen molar-refractivity contribution in [3.63, 3.8) is 0 Å². The fraction of sp³-hybridized carbons (Fsp3) is 0.111. The molecule has 2 amide bonds. The zero-order chi connectivity index (χ0) is 24.7. The van der Waals surface area contributed by atoms with Gasteiger partial charge in [-0.15, -0.1) is 0 Å². The first-order valence-electron chi connectivity index (χ1n) is 11.0. The molecule has 0 N–H and O–H groups in total. The first-order valence-corrected chi connectivity index (χ1v) is 13.2. The van der Waals surface area contributed by atoms with E-state index in [1.165, 1.54) is 15.1 Å². The summed E-state index contributed by atoms with van der Waals surface area (Å²) in [5, 5.41) is 0.325. The van der Waals surface area contributed by atoms with E-state index in [-0.39, 0.29) is 21.6 Å². The predicted octanol–water partition coefficient (Wildman–Crippen LogP) is 5.73. The number of para-hydroxylation sites is 1. The average Bonchev–Trinajstić information content (AvgIpc) is 3.34. The number of rotatable bonds is 5. The Morgan fingerprint density at radius 1 is 0.857 bits per heavy atom. The summed E-state index contributed by atoms with van der Waals surface area (Å²) in [6, 6.07) is 21.4. The fourth-order valence-electron chi connectivity index (χ4n) is 3.97. The molecule has 1 aromatic heterocycles. The van der Waals surface area contributed by atoms with E-state index in [0.29, 0.717) is 16.5 Å². The van der Waals surface area contributed by atoms with Gasteiger partial charge >= 0.3 is 0 Å². The Morgan fingerprint density at radius 3 is 2.17 bits per heavy atom. The number of amides is 2. The Hall–Kier alpha value is -3.62. The number of hydrogen-bond acceptors (Lipinski definition) is 5. The highest BCUT2D eigenvalue weighted by atomic mass is 32.2. The second-order valence-corrected chi connectivity index (χ2v) is 11.3. The van der Waals surface area contributed by atoms with Gasteiger partial charge in [-0.1, -0.05) is 65.7 Å². The van der Waals surface area contributed by atoms with Crippen LogP contribution in [0.25, 0.3) is 17.0 Å². The summed E-state index contributed by atoms with van der Waals surface area (Å²) in [6.07, 6.45) is 3.11. The zero-order valence-corrected chi connectivity index (χ0v) is 20.8. The van der Waals surface area contributed by atoms with Gasteiger partial charge in [0.15, 0.2) is 0 Å². The molecule has 1 aliphatic heterocycles. The molecule has 0 aliphatic carbocycles. The summed E-state index contributed by atoms with van der Waals surface area (Å²) in [4.78, 5) is 27.3. The molecule has 1 saturated heterocycles. The van der Waals surface area contributed by atoms with Gasteiger partial charge in [0.25, 0.3) is 21.2 Å². The van der Waals surface area contributed by atoms with Gasteiger partial charge in [-0.25, -0.2) is 12.4 Å². The van der Waals surface area contributed by atoms with Gasteiger partial charge in [0.05, 0.1) is 21.9 Å². The molecule has 5 rings (SSSR count). The topological polar surface area (TPSA) is 76.5 Å². The highest BCUT2D eigenvalue weighted by Crippen LogP contribution is 2.35. The average molecular weight is 503 g/mol. The van der Waals surface area contributed by atoms with Crippen LogP contribution in [0, 0.1) is 13.8 Å². The Bertz CT molecular complexity index is 1600. The molecule has 1 aliphatic rings. The van der Waals surface area contributed by atoms with E-state index in [9.17, 15) is 18.0 Å². The molecule has 2 heterocycles. The normalized spacial score (nSPS) is 15.5. The van der Waals surface area contributed by atoms with Crippen molar-refractivity contribution < 1.29 is 18.0 Å². The Kier molecular flexibility index (Phi) is 5.86. The van der Waals surface area contributed by atoms with Crippen molar-refractivity contribution >= 4 is 49.9 Å². The minimum absolute atomic E-state index is 0.175. The van der Waals surface area contributed by atoms with E-state index in [1.807, 2.05) is 44.2 Å². The molecule has 4 aromatic rings. The van der Waals surface area contributed by atoms with E-state index in [0.717, 1.165) is 28.5 Å². The first kappa shape index (κ1) is 23.1. The summed E-state index contributed by atoms with van der Waals surface area (Å²) < 4.78 is 28.1. The number of aromatic nitrogens is 1. The quantitative estimate of drug-likeness (QED) is 0.326. The van der Waals surface area contributed by atoms with Crippen molar-refractivity contribution in [3.05, 3.63) is 106 Å². The smallest absolute Gasteiger partial charge is 0.268 e. The molecule has 1 fully saturated rings. The standard InChI is InChI=1S/C27H22N2O4S2/c1-18-7-11-20(12-8-18)16-28-26(30)25(34-27(28)31)15-21-17-29(24-6-4-3-5-23(21)24)35(32,33)22-13-9-19(2)10-14-22/h3-15,17H,16H2,1-2H3/b25-15-. The van der Waals surface area contributed by atoms with E-state index in [4.69, 9.17) is 0 Å². The number of nitrogens with zero attached hydrogens (tertiary/aromatic N) is 2. The van der Waals surface area contributed by atoms with Crippen LogP contribution in [-0.4, -0.2) is 28.4 Å². The number of carbonyl (C=O) groups excluding carboxylic acids is 2. The number of thioether (sulfide) groups is 1. The van der Waals surface area contributed by atoms with Crippen molar-refractivity contribution in [2.75, 3.05) is 0 Å². The molecule has 3 aromatic carbocycles. The van der Waals surface area contributed by atoms with Crippen LogP contribution in [-0.2, 0) is 21.4 Å². The Balaban J connectivity index is 1.53. The highest BCUT2D eigenvalue weighted by molar-refractivity contribution is 8.18. The lowest BCUT2D eigenvalue weighted by Gasteiger charge is -2.12. The summed E-state index contributed by atoms with van der Waals surface area (Å²) in [5.74, 6) is -0.390. The molecule has 0 unspecified atom stereocenters. The third-order valence-electron chi connectivity index (χ3n) is 5.91. The number of carbonyl (C=O) groups is 2. The van der Waals surface area contributed by atoms with Gasteiger partial charge < -0.3 is 0 Å². The second-order valence-electron chi connectivity index (χ2n) is 8.47. The summed E-state index contributed by atoms with van der Waals surface area (Å²) >= 11 is 0.862. The number of imide groups is 1. The molecular weight excluding hydrogens is 480 g/mol. The van der Waals surface area contributed by atoms with Crippen molar-refractivity contribution in [1.82, 2.24) is 8.87 Å². The van der Waals surface area contributed by atoms with Crippen molar-refractivity contribution in [1.29, 1.82) is 0 Å². The Morgan fingerprint density at radius 2 is 1.49 bits per heavy atom. The highest BCUT2D eigenvalue weighted by Gasteiger charge is 2.35. The third-order valence-corrected chi connectivity index (χ3v) is 8.50. The maximum atomic E-state index is 13.4. The lowest BCUT2D eigenvalue weighted by atomic mass is 10.1. The van der Waals surface area contributed by atoms with Crippen LogP contribution >= 0.6 is 11.8 Å². The van der Waals surface area contributed by atoms with Gasteiger partial charge in [-0.2, -0.15) is 0 Å².